The van der Waals surface area contributed by atoms with Crippen molar-refractivity contribution in [3.8, 4) is 0 Å². The van der Waals surface area contributed by atoms with Crippen LogP contribution in [0.5, 0.6) is 0 Å². The van der Waals surface area contributed by atoms with Crippen molar-refractivity contribution >= 4 is 27.4 Å². The van der Waals surface area contributed by atoms with E-state index in [4.69, 9.17) is 4.74 Å². The highest BCUT2D eigenvalue weighted by Crippen LogP contribution is 2.30. The fourth-order valence-corrected chi connectivity index (χ4v) is 5.49. The first kappa shape index (κ1) is 22.6. The number of nitrogens with one attached hydrogen (secondary N) is 1. The topological polar surface area (TPSA) is 91.8 Å². The summed E-state index contributed by atoms with van der Waals surface area (Å²) in [5, 5.41) is 2.62. The van der Waals surface area contributed by atoms with Crippen LogP contribution in [0.3, 0.4) is 0 Å². The van der Waals surface area contributed by atoms with Gasteiger partial charge in [-0.05, 0) is 37.1 Å². The Morgan fingerprint density at radius 1 is 1.06 bits per heavy atom. The van der Waals surface area contributed by atoms with Gasteiger partial charge in [-0.25, -0.2) is 22.2 Å². The Morgan fingerprint density at radius 2 is 1.78 bits per heavy atom. The summed E-state index contributed by atoms with van der Waals surface area (Å²) in [4.78, 5) is 18.9. The maximum Gasteiger partial charge on any atom is 0.246 e. The number of benzene rings is 1. The van der Waals surface area contributed by atoms with Gasteiger partial charge in [0.05, 0.1) is 13.2 Å². The predicted molar refractivity (Wildman–Crippen MR) is 114 cm³/mol. The maximum absolute atomic E-state index is 13.4. The van der Waals surface area contributed by atoms with Crippen LogP contribution in [0.15, 0.2) is 41.4 Å². The van der Waals surface area contributed by atoms with Crippen molar-refractivity contribution in [3.05, 3.63) is 48.2 Å². The number of hydrogen-bond donors (Lipinski definition) is 1. The number of morpholine rings is 1. The van der Waals surface area contributed by atoms with Gasteiger partial charge in [-0.1, -0.05) is 0 Å². The summed E-state index contributed by atoms with van der Waals surface area (Å²) in [6, 6.07) is 6.36. The van der Waals surface area contributed by atoms with Gasteiger partial charge in [0.1, 0.15) is 10.7 Å². The van der Waals surface area contributed by atoms with E-state index in [9.17, 15) is 22.0 Å². The molecule has 1 amide bonds. The average Bonchev–Trinajstić information content (AvgIpc) is 2.82. The maximum atomic E-state index is 13.4. The van der Waals surface area contributed by atoms with Crippen LogP contribution in [0.4, 0.5) is 20.3 Å². The number of halogens is 2. The molecule has 11 heteroatoms. The van der Waals surface area contributed by atoms with Crippen molar-refractivity contribution in [2.75, 3.05) is 49.6 Å². The molecule has 0 radical (unpaired) electrons. The van der Waals surface area contributed by atoms with E-state index in [1.165, 1.54) is 10.4 Å². The zero-order valence-electron chi connectivity index (χ0n) is 17.3. The molecule has 3 heterocycles. The zero-order valence-corrected chi connectivity index (χ0v) is 18.2. The first-order chi connectivity index (χ1) is 15.4. The molecule has 1 aromatic heterocycles. The molecule has 0 atom stereocenters. The number of carbonyl (C=O) groups is 1. The van der Waals surface area contributed by atoms with Crippen molar-refractivity contribution in [1.29, 1.82) is 0 Å². The fourth-order valence-electron chi connectivity index (χ4n) is 3.92. The number of rotatable bonds is 5. The van der Waals surface area contributed by atoms with E-state index >= 15 is 0 Å². The van der Waals surface area contributed by atoms with Crippen LogP contribution in [0.2, 0.25) is 0 Å². The number of ether oxygens (including phenoxy) is 1. The van der Waals surface area contributed by atoms with Gasteiger partial charge >= 0.3 is 0 Å². The Morgan fingerprint density at radius 3 is 2.47 bits per heavy atom. The van der Waals surface area contributed by atoms with Crippen LogP contribution in [0, 0.1) is 17.6 Å². The summed E-state index contributed by atoms with van der Waals surface area (Å²) < 4.78 is 59.4. The lowest BCUT2D eigenvalue weighted by atomic mass is 9.95. The normalized spacial score (nSPS) is 18.5. The molecular formula is C21H24F2N4O4S. The lowest BCUT2D eigenvalue weighted by Crippen LogP contribution is -2.42. The first-order valence-electron chi connectivity index (χ1n) is 10.4. The van der Waals surface area contributed by atoms with Gasteiger partial charge in [-0.2, -0.15) is 4.31 Å². The minimum Gasteiger partial charge on any atom is -0.379 e. The Hall–Kier alpha value is -2.63. The molecule has 0 bridgehead atoms. The number of amides is 1. The highest BCUT2D eigenvalue weighted by molar-refractivity contribution is 7.89. The molecule has 8 nitrogen and oxygen atoms in total. The first-order valence-corrected chi connectivity index (χ1v) is 11.8. The highest BCUT2D eigenvalue weighted by Gasteiger charge is 2.33. The van der Waals surface area contributed by atoms with Crippen molar-refractivity contribution < 1.29 is 26.7 Å². The third-order valence-corrected chi connectivity index (χ3v) is 7.61. The van der Waals surface area contributed by atoms with Crippen LogP contribution in [-0.2, 0) is 19.6 Å². The Balaban J connectivity index is 1.43. The zero-order chi connectivity index (χ0) is 22.7. The quantitative estimate of drug-likeness (QED) is 0.727. The van der Waals surface area contributed by atoms with Crippen LogP contribution in [-0.4, -0.2) is 63.0 Å². The molecule has 32 heavy (non-hydrogen) atoms. The van der Waals surface area contributed by atoms with E-state index in [2.05, 4.69) is 10.3 Å². The van der Waals surface area contributed by atoms with Crippen molar-refractivity contribution in [1.82, 2.24) is 9.29 Å². The van der Waals surface area contributed by atoms with Crippen molar-refractivity contribution in [3.63, 3.8) is 0 Å². The standard InChI is InChI=1S/C21H24F2N4O4S/c22-17-4-3-16(14-18(17)23)25-21(28)15-5-8-26(9-6-15)20-19(2-1-7-24-20)32(29,30)27-10-12-31-13-11-27/h1-4,7,14-15H,5-6,8-13H2,(H,25,28). The predicted octanol–water partition coefficient (Wildman–Crippen LogP) is 2.24. The molecule has 4 rings (SSSR count). The molecular weight excluding hydrogens is 442 g/mol. The summed E-state index contributed by atoms with van der Waals surface area (Å²) in [7, 11) is -3.72. The molecule has 2 aliphatic heterocycles. The molecule has 2 aromatic rings. The van der Waals surface area contributed by atoms with Crippen LogP contribution in [0.25, 0.3) is 0 Å². The summed E-state index contributed by atoms with van der Waals surface area (Å²) in [6.07, 6.45) is 2.50. The molecule has 2 saturated heterocycles. The van der Waals surface area contributed by atoms with E-state index < -0.39 is 21.7 Å². The number of pyridine rings is 1. The average molecular weight is 467 g/mol. The van der Waals surface area contributed by atoms with Gasteiger partial charge in [-0.15, -0.1) is 0 Å². The van der Waals surface area contributed by atoms with E-state index in [1.54, 1.807) is 18.3 Å². The second kappa shape index (κ2) is 9.47. The molecule has 0 aliphatic carbocycles. The SMILES string of the molecule is O=C(Nc1ccc(F)c(F)c1)C1CCN(c2ncccc2S(=O)(=O)N2CCOCC2)CC1. The number of sulfonamides is 1. The largest absolute Gasteiger partial charge is 0.379 e. The van der Waals surface area contributed by atoms with Crippen molar-refractivity contribution in [2.45, 2.75) is 17.7 Å². The molecule has 172 valence electrons. The Labute approximate surface area is 185 Å². The van der Waals surface area contributed by atoms with Crippen LogP contribution < -0.4 is 10.2 Å². The molecule has 1 N–H and O–H groups in total. The second-order valence-corrected chi connectivity index (χ2v) is 9.63. The van der Waals surface area contributed by atoms with Gasteiger partial charge in [-0.3, -0.25) is 4.79 Å². The Bertz CT molecular complexity index is 1080. The third-order valence-electron chi connectivity index (χ3n) is 5.69. The molecule has 0 unspecified atom stereocenters. The molecule has 2 aliphatic rings. The van der Waals surface area contributed by atoms with E-state index in [-0.39, 0.29) is 22.4 Å². The van der Waals surface area contributed by atoms with Crippen molar-refractivity contribution in [2.24, 2.45) is 5.92 Å². The minimum absolute atomic E-state index is 0.145. The third kappa shape index (κ3) is 4.74. The number of carbonyl (C=O) groups excluding carboxylic acids is 1. The van der Waals surface area contributed by atoms with Crippen LogP contribution >= 0.6 is 0 Å². The van der Waals surface area contributed by atoms with E-state index in [0.717, 1.165) is 12.1 Å². The van der Waals surface area contributed by atoms with Crippen LogP contribution in [0.1, 0.15) is 12.8 Å². The number of aromatic nitrogens is 1. The fraction of sp³-hybridized carbons (Fsp3) is 0.429. The lowest BCUT2D eigenvalue weighted by Gasteiger charge is -2.34. The number of piperidine rings is 1. The number of anilines is 2. The summed E-state index contributed by atoms with van der Waals surface area (Å²) >= 11 is 0. The second-order valence-electron chi connectivity index (χ2n) is 7.72. The minimum atomic E-state index is -3.72. The van der Waals surface area contributed by atoms with Gasteiger partial charge in [0.15, 0.2) is 11.6 Å². The van der Waals surface area contributed by atoms with Gasteiger partial charge in [0.2, 0.25) is 15.9 Å². The van der Waals surface area contributed by atoms with Gasteiger partial charge in [0.25, 0.3) is 0 Å². The molecule has 0 saturated carbocycles. The van der Waals surface area contributed by atoms with E-state index in [1.807, 2.05) is 4.90 Å². The van der Waals surface area contributed by atoms with Gasteiger partial charge < -0.3 is 15.0 Å². The molecule has 0 spiro atoms. The number of hydrogen-bond acceptors (Lipinski definition) is 6. The lowest BCUT2D eigenvalue weighted by molar-refractivity contribution is -0.120. The number of nitrogens with zero attached hydrogens (tertiary/aromatic N) is 3. The molecule has 2 fully saturated rings. The van der Waals surface area contributed by atoms with E-state index in [0.29, 0.717) is 58.1 Å². The summed E-state index contributed by atoms with van der Waals surface area (Å²) in [5.41, 5.74) is 0.194. The molecule has 1 aromatic carbocycles. The highest BCUT2D eigenvalue weighted by atomic mass is 32.2. The smallest absolute Gasteiger partial charge is 0.246 e. The summed E-state index contributed by atoms with van der Waals surface area (Å²) in [6.45, 7) is 2.18. The summed E-state index contributed by atoms with van der Waals surface area (Å²) in [5.74, 6) is -2.24. The van der Waals surface area contributed by atoms with Gasteiger partial charge in [0, 0.05) is 50.0 Å². The monoisotopic (exact) mass is 466 g/mol. The Kier molecular flexibility index (Phi) is 6.68.